The highest BCUT2D eigenvalue weighted by Crippen LogP contribution is 2.12. The van der Waals surface area contributed by atoms with Gasteiger partial charge in [-0.25, -0.2) is 0 Å². The molecule has 0 bridgehead atoms. The number of quaternary nitrogens is 1. The Morgan fingerprint density at radius 3 is 2.74 bits per heavy atom. The van der Waals surface area contributed by atoms with E-state index >= 15 is 0 Å². The Morgan fingerprint density at radius 2 is 2.09 bits per heavy atom. The molecule has 7 nitrogen and oxygen atoms in total. The minimum Gasteiger partial charge on any atom is -0.469 e. The Labute approximate surface area is 138 Å². The average Bonchev–Trinajstić information content (AvgIpc) is 2.52. The van der Waals surface area contributed by atoms with Gasteiger partial charge in [-0.3, -0.25) is 14.4 Å². The van der Waals surface area contributed by atoms with Crippen molar-refractivity contribution in [3.8, 4) is 0 Å². The van der Waals surface area contributed by atoms with E-state index in [1.165, 1.54) is 7.11 Å². The minimum absolute atomic E-state index is 0.0497. The monoisotopic (exact) mass is 340 g/mol. The molecule has 1 aliphatic heterocycles. The van der Waals surface area contributed by atoms with Crippen LogP contribution in [0.3, 0.4) is 0 Å². The van der Waals surface area contributed by atoms with Crippen LogP contribution in [0.5, 0.6) is 0 Å². The zero-order valence-corrected chi connectivity index (χ0v) is 13.5. The molecule has 1 aromatic rings. The van der Waals surface area contributed by atoms with E-state index < -0.39 is 12.0 Å². The topological polar surface area (TPSA) is 88.9 Å². The summed E-state index contributed by atoms with van der Waals surface area (Å²) in [5.74, 6) is -0.939. The third kappa shape index (κ3) is 4.94. The number of hydrogen-bond acceptors (Lipinski definition) is 4. The second kappa shape index (κ2) is 7.94. The number of ether oxygens (including phenoxy) is 1. The maximum absolute atomic E-state index is 12.2. The highest BCUT2D eigenvalue weighted by atomic mass is 35.5. The van der Waals surface area contributed by atoms with Crippen molar-refractivity contribution in [2.75, 3.05) is 32.1 Å². The molecule has 23 heavy (non-hydrogen) atoms. The molecule has 1 unspecified atom stereocenters. The summed E-state index contributed by atoms with van der Waals surface area (Å²) in [5, 5.41) is 6.04. The summed E-state index contributed by atoms with van der Waals surface area (Å²) >= 11 is 5.80. The number of rotatable bonds is 5. The molecule has 3 N–H and O–H groups in total. The van der Waals surface area contributed by atoms with Gasteiger partial charge in [0.1, 0.15) is 6.42 Å². The lowest BCUT2D eigenvalue weighted by molar-refractivity contribution is -0.909. The van der Waals surface area contributed by atoms with Crippen LogP contribution in [-0.4, -0.2) is 50.6 Å². The molecule has 0 aliphatic carbocycles. The van der Waals surface area contributed by atoms with E-state index in [9.17, 15) is 14.4 Å². The fraction of sp³-hybridized carbons (Fsp3) is 0.400. The molecule has 0 spiro atoms. The number of methoxy groups -OCH3 is 1. The number of nitrogens with one attached hydrogen (secondary N) is 3. The maximum atomic E-state index is 12.2. The van der Waals surface area contributed by atoms with Crippen LogP contribution in [0.25, 0.3) is 0 Å². The predicted molar refractivity (Wildman–Crippen MR) is 84.2 cm³/mol. The van der Waals surface area contributed by atoms with Crippen molar-refractivity contribution < 1.29 is 24.0 Å². The Hall–Kier alpha value is -2.12. The standard InChI is InChI=1S/C15H18ClN3O4/c1-23-14(21)8-12-15(22)17-6-7-19(12)9-13(20)18-11-4-2-10(16)3-5-11/h2-5,12H,6-9H2,1H3,(H,17,22)(H,18,20)/p+1/t12-/m0/s1. The third-order valence-electron chi connectivity index (χ3n) is 3.67. The van der Waals surface area contributed by atoms with Gasteiger partial charge in [0, 0.05) is 10.7 Å². The summed E-state index contributed by atoms with van der Waals surface area (Å²) < 4.78 is 4.62. The van der Waals surface area contributed by atoms with Gasteiger partial charge >= 0.3 is 5.97 Å². The number of carbonyl (C=O) groups excluding carboxylic acids is 3. The molecule has 8 heteroatoms. The summed E-state index contributed by atoms with van der Waals surface area (Å²) in [6.45, 7) is 1.14. The molecular formula is C15H19ClN3O4+. The molecule has 0 saturated carbocycles. The fourth-order valence-electron chi connectivity index (χ4n) is 2.47. The van der Waals surface area contributed by atoms with Crippen molar-refractivity contribution in [3.63, 3.8) is 0 Å². The minimum atomic E-state index is -0.618. The van der Waals surface area contributed by atoms with Gasteiger partial charge in [0.15, 0.2) is 12.6 Å². The molecule has 2 rings (SSSR count). The lowest BCUT2D eigenvalue weighted by Gasteiger charge is -2.30. The van der Waals surface area contributed by atoms with Crippen LogP contribution in [0.4, 0.5) is 5.69 Å². The summed E-state index contributed by atoms with van der Waals surface area (Å²) in [6.07, 6.45) is -0.0497. The van der Waals surface area contributed by atoms with Crippen molar-refractivity contribution in [2.45, 2.75) is 12.5 Å². The first-order valence-corrected chi connectivity index (χ1v) is 7.62. The number of anilines is 1. The molecular weight excluding hydrogens is 322 g/mol. The van der Waals surface area contributed by atoms with Gasteiger partial charge in [-0.15, -0.1) is 0 Å². The number of hydrogen-bond donors (Lipinski definition) is 3. The van der Waals surface area contributed by atoms with Gasteiger partial charge < -0.3 is 20.3 Å². The second-order valence-electron chi connectivity index (χ2n) is 5.26. The van der Waals surface area contributed by atoms with Gasteiger partial charge in [0.25, 0.3) is 11.8 Å². The van der Waals surface area contributed by atoms with E-state index in [2.05, 4.69) is 15.4 Å². The predicted octanol–water partition coefficient (Wildman–Crippen LogP) is -0.775. The van der Waals surface area contributed by atoms with E-state index in [-0.39, 0.29) is 24.8 Å². The Balaban J connectivity index is 1.97. The second-order valence-corrected chi connectivity index (χ2v) is 5.70. The van der Waals surface area contributed by atoms with Crippen LogP contribution in [0.15, 0.2) is 24.3 Å². The highest BCUT2D eigenvalue weighted by molar-refractivity contribution is 6.30. The quantitative estimate of drug-likeness (QED) is 0.614. The summed E-state index contributed by atoms with van der Waals surface area (Å²) in [7, 11) is 1.27. The SMILES string of the molecule is COC(=O)C[C@H]1C(=O)NCC[NH+]1CC(=O)Nc1ccc(Cl)cc1. The van der Waals surface area contributed by atoms with E-state index in [0.717, 1.165) is 4.90 Å². The van der Waals surface area contributed by atoms with Gasteiger partial charge in [-0.05, 0) is 24.3 Å². The zero-order valence-electron chi connectivity index (χ0n) is 12.7. The van der Waals surface area contributed by atoms with Crippen LogP contribution < -0.4 is 15.5 Å². The first-order chi connectivity index (χ1) is 11.0. The zero-order chi connectivity index (χ0) is 16.8. The number of piperazine rings is 1. The molecule has 1 heterocycles. The number of esters is 1. The molecule has 1 aromatic carbocycles. The summed E-state index contributed by atoms with van der Waals surface area (Å²) in [6, 6.07) is 6.14. The van der Waals surface area contributed by atoms with Gasteiger partial charge in [0.2, 0.25) is 0 Å². The lowest BCUT2D eigenvalue weighted by atomic mass is 10.1. The number of carbonyl (C=O) groups is 3. The maximum Gasteiger partial charge on any atom is 0.312 e. The first-order valence-electron chi connectivity index (χ1n) is 7.24. The highest BCUT2D eigenvalue weighted by Gasteiger charge is 2.36. The molecule has 1 saturated heterocycles. The number of benzene rings is 1. The van der Waals surface area contributed by atoms with Crippen molar-refractivity contribution in [1.82, 2.24) is 5.32 Å². The summed E-state index contributed by atoms with van der Waals surface area (Å²) in [5.41, 5.74) is 0.629. The Bertz CT molecular complexity index is 591. The summed E-state index contributed by atoms with van der Waals surface area (Å²) in [4.78, 5) is 36.3. The molecule has 1 fully saturated rings. The van der Waals surface area contributed by atoms with Crippen molar-refractivity contribution in [2.24, 2.45) is 0 Å². The molecule has 0 aromatic heterocycles. The van der Waals surface area contributed by atoms with Crippen molar-refractivity contribution >= 4 is 35.1 Å². The molecule has 2 atom stereocenters. The van der Waals surface area contributed by atoms with Crippen LogP contribution in [0.2, 0.25) is 5.02 Å². The van der Waals surface area contributed by atoms with E-state index in [1.54, 1.807) is 24.3 Å². The van der Waals surface area contributed by atoms with Crippen LogP contribution in [0.1, 0.15) is 6.42 Å². The van der Waals surface area contributed by atoms with Gasteiger partial charge in [-0.2, -0.15) is 0 Å². The number of amides is 2. The van der Waals surface area contributed by atoms with Crippen LogP contribution in [-0.2, 0) is 19.1 Å². The number of halogens is 1. The smallest absolute Gasteiger partial charge is 0.312 e. The third-order valence-corrected chi connectivity index (χ3v) is 3.92. The average molecular weight is 341 g/mol. The van der Waals surface area contributed by atoms with Gasteiger partial charge in [0.05, 0.1) is 20.2 Å². The Kier molecular flexibility index (Phi) is 5.95. The fourth-order valence-corrected chi connectivity index (χ4v) is 2.60. The molecule has 2 amide bonds. The first kappa shape index (κ1) is 17.2. The lowest BCUT2D eigenvalue weighted by Crippen LogP contribution is -3.20. The van der Waals surface area contributed by atoms with Crippen LogP contribution >= 0.6 is 11.6 Å². The van der Waals surface area contributed by atoms with E-state index in [1.807, 2.05) is 0 Å². The van der Waals surface area contributed by atoms with E-state index in [0.29, 0.717) is 23.8 Å². The van der Waals surface area contributed by atoms with Crippen LogP contribution in [0, 0.1) is 0 Å². The van der Waals surface area contributed by atoms with Crippen molar-refractivity contribution in [3.05, 3.63) is 29.3 Å². The van der Waals surface area contributed by atoms with Crippen molar-refractivity contribution in [1.29, 1.82) is 0 Å². The Morgan fingerprint density at radius 1 is 1.39 bits per heavy atom. The van der Waals surface area contributed by atoms with Gasteiger partial charge in [-0.1, -0.05) is 11.6 Å². The largest absolute Gasteiger partial charge is 0.469 e. The normalized spacial score (nSPS) is 20.5. The molecule has 124 valence electrons. The van der Waals surface area contributed by atoms with E-state index in [4.69, 9.17) is 11.6 Å². The molecule has 1 aliphatic rings. The molecule has 0 radical (unpaired) electrons.